The molecular weight excluding hydrogens is 192 g/mol. The zero-order chi connectivity index (χ0) is 11.3. The number of hydrogen-bond donors (Lipinski definition) is 0. The lowest BCUT2D eigenvalue weighted by Gasteiger charge is -2.08. The molecule has 1 aromatic rings. The zero-order valence-electron chi connectivity index (χ0n) is 9.37. The fraction of sp³-hybridized carbons (Fsp3) is 0.417. The van der Waals surface area contributed by atoms with Crippen molar-refractivity contribution in [2.45, 2.75) is 20.3 Å². The second kappa shape index (κ2) is 5.39. The molecule has 0 amide bonds. The Hall–Kier alpha value is -1.51. The Morgan fingerprint density at radius 3 is 2.73 bits per heavy atom. The minimum atomic E-state index is -0.322. The Bertz CT molecular complexity index is 345. The molecule has 0 unspecified atom stereocenters. The topological polar surface area (TPSA) is 35.5 Å². The number of ether oxygens (including phenoxy) is 2. The van der Waals surface area contributed by atoms with Crippen LogP contribution in [0.5, 0.6) is 5.75 Å². The van der Waals surface area contributed by atoms with E-state index in [2.05, 4.69) is 0 Å². The maximum atomic E-state index is 11.6. The van der Waals surface area contributed by atoms with Crippen LogP contribution in [0, 0.1) is 6.92 Å². The second-order valence-corrected chi connectivity index (χ2v) is 3.34. The van der Waals surface area contributed by atoms with Crippen LogP contribution >= 0.6 is 0 Å². The van der Waals surface area contributed by atoms with Gasteiger partial charge in [-0.15, -0.1) is 0 Å². The van der Waals surface area contributed by atoms with Crippen LogP contribution in [0.3, 0.4) is 0 Å². The Balaban J connectivity index is 2.90. The molecule has 82 valence electrons. The van der Waals surface area contributed by atoms with Gasteiger partial charge in [0.25, 0.3) is 0 Å². The molecule has 0 saturated heterocycles. The summed E-state index contributed by atoms with van der Waals surface area (Å²) in [6.07, 6.45) is 0.819. The van der Waals surface area contributed by atoms with Gasteiger partial charge < -0.3 is 9.47 Å². The van der Waals surface area contributed by atoms with Crippen molar-refractivity contribution < 1.29 is 14.3 Å². The molecule has 15 heavy (non-hydrogen) atoms. The van der Waals surface area contributed by atoms with Gasteiger partial charge in [0.05, 0.1) is 13.7 Å². The first kappa shape index (κ1) is 11.6. The molecule has 1 rings (SSSR count). The number of methoxy groups -OCH3 is 1. The molecular formula is C12H16O3. The second-order valence-electron chi connectivity index (χ2n) is 3.34. The minimum absolute atomic E-state index is 0.322. The van der Waals surface area contributed by atoms with E-state index in [1.54, 1.807) is 19.2 Å². The molecule has 3 nitrogen and oxygen atoms in total. The standard InChI is InChI=1S/C12H16O3/c1-4-7-15-12(13)10-8-9(2)5-6-11(10)14-3/h5-6,8H,4,7H2,1-3H3. The normalized spacial score (nSPS) is 9.80. The van der Waals surface area contributed by atoms with Gasteiger partial charge in [-0.25, -0.2) is 4.79 Å². The number of carbonyl (C=O) groups is 1. The highest BCUT2D eigenvalue weighted by Gasteiger charge is 2.13. The summed E-state index contributed by atoms with van der Waals surface area (Å²) < 4.78 is 10.2. The predicted octanol–water partition coefficient (Wildman–Crippen LogP) is 2.57. The van der Waals surface area contributed by atoms with Crippen molar-refractivity contribution in [2.75, 3.05) is 13.7 Å². The van der Waals surface area contributed by atoms with Crippen molar-refractivity contribution in [3.05, 3.63) is 29.3 Å². The van der Waals surface area contributed by atoms with E-state index in [1.807, 2.05) is 19.9 Å². The monoisotopic (exact) mass is 208 g/mol. The molecule has 0 aromatic heterocycles. The van der Waals surface area contributed by atoms with Gasteiger partial charge in [0.2, 0.25) is 0 Å². The van der Waals surface area contributed by atoms with E-state index in [0.29, 0.717) is 17.9 Å². The predicted molar refractivity (Wildman–Crippen MR) is 58.3 cm³/mol. The van der Waals surface area contributed by atoms with Gasteiger partial charge in [0.15, 0.2) is 0 Å². The van der Waals surface area contributed by atoms with Crippen molar-refractivity contribution in [1.82, 2.24) is 0 Å². The first-order valence-corrected chi connectivity index (χ1v) is 5.00. The van der Waals surface area contributed by atoms with E-state index in [9.17, 15) is 4.79 Å². The van der Waals surface area contributed by atoms with Crippen LogP contribution in [0.2, 0.25) is 0 Å². The summed E-state index contributed by atoms with van der Waals surface area (Å²) in [4.78, 5) is 11.6. The molecule has 3 heteroatoms. The molecule has 0 spiro atoms. The Morgan fingerprint density at radius 2 is 2.13 bits per heavy atom. The summed E-state index contributed by atoms with van der Waals surface area (Å²) in [6, 6.07) is 5.45. The highest BCUT2D eigenvalue weighted by molar-refractivity contribution is 5.92. The van der Waals surface area contributed by atoms with E-state index in [-0.39, 0.29) is 5.97 Å². The summed E-state index contributed by atoms with van der Waals surface area (Å²) in [5.74, 6) is 0.235. The fourth-order valence-electron chi connectivity index (χ4n) is 1.25. The fourth-order valence-corrected chi connectivity index (χ4v) is 1.25. The summed E-state index contributed by atoms with van der Waals surface area (Å²) in [6.45, 7) is 4.33. The molecule has 0 aliphatic rings. The van der Waals surface area contributed by atoms with E-state index >= 15 is 0 Å². The molecule has 0 N–H and O–H groups in total. The van der Waals surface area contributed by atoms with Crippen molar-refractivity contribution in [3.63, 3.8) is 0 Å². The number of esters is 1. The van der Waals surface area contributed by atoms with Crippen LogP contribution in [-0.2, 0) is 4.74 Å². The quantitative estimate of drug-likeness (QED) is 0.713. The van der Waals surface area contributed by atoms with E-state index < -0.39 is 0 Å². The lowest BCUT2D eigenvalue weighted by Crippen LogP contribution is -2.08. The zero-order valence-corrected chi connectivity index (χ0v) is 9.37. The van der Waals surface area contributed by atoms with E-state index in [4.69, 9.17) is 9.47 Å². The van der Waals surface area contributed by atoms with Crippen LogP contribution in [0.25, 0.3) is 0 Å². The van der Waals surface area contributed by atoms with Crippen LogP contribution in [0.4, 0.5) is 0 Å². The molecule has 0 radical (unpaired) electrons. The van der Waals surface area contributed by atoms with Crippen LogP contribution in [-0.4, -0.2) is 19.7 Å². The molecule has 0 fully saturated rings. The van der Waals surface area contributed by atoms with Gasteiger partial charge in [-0.3, -0.25) is 0 Å². The number of carbonyl (C=O) groups excluding carboxylic acids is 1. The molecule has 0 atom stereocenters. The van der Waals surface area contributed by atoms with Crippen molar-refractivity contribution in [3.8, 4) is 5.75 Å². The van der Waals surface area contributed by atoms with Crippen LogP contribution < -0.4 is 4.74 Å². The van der Waals surface area contributed by atoms with Crippen molar-refractivity contribution in [2.24, 2.45) is 0 Å². The first-order chi connectivity index (χ1) is 7.19. The van der Waals surface area contributed by atoms with Gasteiger partial charge in [0.1, 0.15) is 11.3 Å². The summed E-state index contributed by atoms with van der Waals surface area (Å²) in [7, 11) is 1.54. The number of hydrogen-bond acceptors (Lipinski definition) is 3. The maximum absolute atomic E-state index is 11.6. The Labute approximate surface area is 90.0 Å². The van der Waals surface area contributed by atoms with Crippen LogP contribution in [0.1, 0.15) is 29.3 Å². The van der Waals surface area contributed by atoms with Gasteiger partial charge in [-0.1, -0.05) is 18.6 Å². The SMILES string of the molecule is CCCOC(=O)c1cc(C)ccc1OC. The van der Waals surface area contributed by atoms with Gasteiger partial charge in [-0.2, -0.15) is 0 Å². The largest absolute Gasteiger partial charge is 0.496 e. The summed E-state index contributed by atoms with van der Waals surface area (Å²) in [5.41, 5.74) is 1.50. The summed E-state index contributed by atoms with van der Waals surface area (Å²) in [5, 5.41) is 0. The minimum Gasteiger partial charge on any atom is -0.496 e. The molecule has 1 aromatic carbocycles. The molecule has 0 heterocycles. The van der Waals surface area contributed by atoms with E-state index in [1.165, 1.54) is 0 Å². The molecule has 0 aliphatic heterocycles. The van der Waals surface area contributed by atoms with Crippen molar-refractivity contribution in [1.29, 1.82) is 0 Å². The third-order valence-corrected chi connectivity index (χ3v) is 2.01. The summed E-state index contributed by atoms with van der Waals surface area (Å²) >= 11 is 0. The van der Waals surface area contributed by atoms with Gasteiger partial charge in [0, 0.05) is 0 Å². The molecule has 0 saturated carbocycles. The third kappa shape index (κ3) is 2.98. The lowest BCUT2D eigenvalue weighted by atomic mass is 10.1. The van der Waals surface area contributed by atoms with Gasteiger partial charge >= 0.3 is 5.97 Å². The Morgan fingerprint density at radius 1 is 1.40 bits per heavy atom. The average Bonchev–Trinajstić information content (AvgIpc) is 2.25. The highest BCUT2D eigenvalue weighted by atomic mass is 16.5. The average molecular weight is 208 g/mol. The third-order valence-electron chi connectivity index (χ3n) is 2.01. The number of benzene rings is 1. The van der Waals surface area contributed by atoms with Gasteiger partial charge in [-0.05, 0) is 25.5 Å². The first-order valence-electron chi connectivity index (χ1n) is 5.00. The number of rotatable bonds is 4. The molecule has 0 aliphatic carbocycles. The van der Waals surface area contributed by atoms with Crippen molar-refractivity contribution >= 4 is 5.97 Å². The Kier molecular flexibility index (Phi) is 4.16. The number of aryl methyl sites for hydroxylation is 1. The van der Waals surface area contributed by atoms with E-state index in [0.717, 1.165) is 12.0 Å². The maximum Gasteiger partial charge on any atom is 0.341 e. The highest BCUT2D eigenvalue weighted by Crippen LogP contribution is 2.20. The smallest absolute Gasteiger partial charge is 0.341 e. The molecule has 0 bridgehead atoms. The lowest BCUT2D eigenvalue weighted by molar-refractivity contribution is 0.0501. The van der Waals surface area contributed by atoms with Crippen LogP contribution in [0.15, 0.2) is 18.2 Å².